The average Bonchev–Trinajstić information content (AvgIpc) is 2.86. The Hall–Kier alpha value is -1.99. The van der Waals surface area contributed by atoms with E-state index in [9.17, 15) is 14.1 Å². The molecular weight excluding hydrogens is 364 g/mol. The molecule has 1 unspecified atom stereocenters. The number of carboxylic acids is 1. The topological polar surface area (TPSA) is 92.8 Å². The van der Waals surface area contributed by atoms with Gasteiger partial charge in [0.2, 0.25) is 0 Å². The first-order valence-corrected chi connectivity index (χ1v) is 8.97. The Labute approximate surface area is 153 Å². The van der Waals surface area contributed by atoms with Crippen molar-refractivity contribution in [1.82, 2.24) is 5.16 Å². The molecule has 0 spiro atoms. The van der Waals surface area contributed by atoms with Gasteiger partial charge in [-0.05, 0) is 57.9 Å². The fraction of sp³-hybridized carbons (Fsp3) is 0.353. The molecule has 0 saturated carbocycles. The van der Waals surface area contributed by atoms with Crippen molar-refractivity contribution in [1.29, 1.82) is 0 Å². The highest BCUT2D eigenvalue weighted by molar-refractivity contribution is 7.85. The number of hydrogen-bond donors (Lipinski definition) is 1. The maximum atomic E-state index is 12.1. The van der Waals surface area contributed by atoms with Gasteiger partial charge in [-0.1, -0.05) is 16.8 Å². The van der Waals surface area contributed by atoms with Crippen molar-refractivity contribution in [3.63, 3.8) is 0 Å². The zero-order valence-electron chi connectivity index (χ0n) is 14.6. The quantitative estimate of drug-likeness (QED) is 0.800. The van der Waals surface area contributed by atoms with Crippen LogP contribution in [0.4, 0.5) is 0 Å². The standard InChI is InChI=1S/C17H19ClN2O4S/c1-9-12(6-11(18)7-13(9)16(21)22)15-10(2)20-24-14(15)8-19-25(23)17(3,4)5/h6-8H,1-5H3,(H,21,22). The molecule has 134 valence electrons. The molecule has 8 heteroatoms. The Bertz CT molecular complexity index is 882. The van der Waals surface area contributed by atoms with E-state index in [4.69, 9.17) is 16.1 Å². The Kier molecular flexibility index (Phi) is 5.49. The van der Waals surface area contributed by atoms with Gasteiger partial charge in [0, 0.05) is 5.02 Å². The van der Waals surface area contributed by atoms with E-state index in [1.807, 2.05) is 20.8 Å². The van der Waals surface area contributed by atoms with E-state index in [-0.39, 0.29) is 5.56 Å². The van der Waals surface area contributed by atoms with Gasteiger partial charge < -0.3 is 9.63 Å². The van der Waals surface area contributed by atoms with Gasteiger partial charge in [-0.3, -0.25) is 0 Å². The second-order valence-corrected chi connectivity index (χ2v) is 8.90. The summed E-state index contributed by atoms with van der Waals surface area (Å²) in [7, 11) is -1.45. The lowest BCUT2D eigenvalue weighted by atomic mass is 9.95. The third kappa shape index (κ3) is 4.16. The minimum atomic E-state index is -1.45. The number of hydrogen-bond acceptors (Lipinski definition) is 4. The molecule has 0 radical (unpaired) electrons. The smallest absolute Gasteiger partial charge is 0.336 e. The number of halogens is 1. The molecule has 1 atom stereocenters. The summed E-state index contributed by atoms with van der Waals surface area (Å²) in [4.78, 5) is 11.4. The molecule has 6 nitrogen and oxygen atoms in total. The minimum Gasteiger partial charge on any atom is -0.478 e. The molecule has 0 amide bonds. The lowest BCUT2D eigenvalue weighted by Gasteiger charge is -2.12. The number of aromatic carboxylic acids is 1. The highest BCUT2D eigenvalue weighted by atomic mass is 35.5. The average molecular weight is 383 g/mol. The number of aromatic nitrogens is 1. The predicted molar refractivity (Wildman–Crippen MR) is 98.9 cm³/mol. The van der Waals surface area contributed by atoms with Crippen LogP contribution in [0.5, 0.6) is 0 Å². The summed E-state index contributed by atoms with van der Waals surface area (Å²) in [5, 5.41) is 13.6. The highest BCUT2D eigenvalue weighted by Crippen LogP contribution is 2.33. The number of rotatable bonds is 4. The molecule has 1 heterocycles. The van der Waals surface area contributed by atoms with Crippen LogP contribution in [-0.4, -0.2) is 31.4 Å². The molecule has 1 aromatic heterocycles. The summed E-state index contributed by atoms with van der Waals surface area (Å²) in [6, 6.07) is 3.05. The fourth-order valence-electron chi connectivity index (χ4n) is 2.22. The summed E-state index contributed by atoms with van der Waals surface area (Å²) in [5.74, 6) is -0.767. The van der Waals surface area contributed by atoms with Crippen LogP contribution in [-0.2, 0) is 11.0 Å². The lowest BCUT2D eigenvalue weighted by molar-refractivity contribution is 0.0696. The van der Waals surface area contributed by atoms with Crippen LogP contribution in [0.2, 0.25) is 5.02 Å². The van der Waals surface area contributed by atoms with Crippen molar-refractivity contribution >= 4 is 34.8 Å². The van der Waals surface area contributed by atoms with Crippen molar-refractivity contribution in [3.8, 4) is 11.1 Å². The summed E-state index contributed by atoms with van der Waals surface area (Å²) in [6.07, 6.45) is 1.36. The van der Waals surface area contributed by atoms with Gasteiger partial charge >= 0.3 is 5.97 Å². The molecule has 0 bridgehead atoms. The van der Waals surface area contributed by atoms with E-state index in [0.717, 1.165) is 0 Å². The van der Waals surface area contributed by atoms with E-state index >= 15 is 0 Å². The van der Waals surface area contributed by atoms with Crippen LogP contribution in [0.3, 0.4) is 0 Å². The van der Waals surface area contributed by atoms with Crippen molar-refractivity contribution in [2.45, 2.75) is 39.4 Å². The first kappa shape index (κ1) is 19.3. The van der Waals surface area contributed by atoms with Crippen molar-refractivity contribution in [2.75, 3.05) is 0 Å². The van der Waals surface area contributed by atoms with E-state index < -0.39 is 21.7 Å². The van der Waals surface area contributed by atoms with E-state index in [2.05, 4.69) is 9.55 Å². The maximum absolute atomic E-state index is 12.1. The molecule has 1 N–H and O–H groups in total. The third-order valence-corrected chi connectivity index (χ3v) is 5.11. The SMILES string of the molecule is Cc1noc(C=NS(=O)C(C)(C)C)c1-c1cc(Cl)cc(C(=O)O)c1C. The predicted octanol–water partition coefficient (Wildman–Crippen LogP) is 4.19. The Balaban J connectivity index is 2.59. The van der Waals surface area contributed by atoms with E-state index in [1.54, 1.807) is 19.9 Å². The maximum Gasteiger partial charge on any atom is 0.336 e. The van der Waals surface area contributed by atoms with E-state index in [0.29, 0.717) is 33.2 Å². The second-order valence-electron chi connectivity index (χ2n) is 6.53. The second kappa shape index (κ2) is 7.09. The van der Waals surface area contributed by atoms with Crippen LogP contribution < -0.4 is 0 Å². The van der Waals surface area contributed by atoms with Gasteiger partial charge in [-0.15, -0.1) is 0 Å². The Morgan fingerprint density at radius 2 is 2.00 bits per heavy atom. The first-order chi connectivity index (χ1) is 11.5. The van der Waals surface area contributed by atoms with Crippen LogP contribution in [0.25, 0.3) is 11.1 Å². The summed E-state index contributed by atoms with van der Waals surface area (Å²) in [5.41, 5.74) is 2.37. The van der Waals surface area contributed by atoms with Gasteiger partial charge in [-0.25, -0.2) is 9.00 Å². The zero-order valence-corrected chi connectivity index (χ0v) is 16.2. The summed E-state index contributed by atoms with van der Waals surface area (Å²) < 4.78 is 20.9. The molecular formula is C17H19ClN2O4S. The van der Waals surface area contributed by atoms with Crippen molar-refractivity contribution in [3.05, 3.63) is 39.7 Å². The van der Waals surface area contributed by atoms with Gasteiger partial charge in [0.15, 0.2) is 5.76 Å². The summed E-state index contributed by atoms with van der Waals surface area (Å²) >= 11 is 6.08. The van der Waals surface area contributed by atoms with Gasteiger partial charge in [0.25, 0.3) is 0 Å². The van der Waals surface area contributed by atoms with Gasteiger partial charge in [0.1, 0.15) is 11.0 Å². The molecule has 0 saturated heterocycles. The number of aryl methyl sites for hydroxylation is 1. The molecule has 2 rings (SSSR count). The number of carboxylic acid groups (broad SMARTS) is 1. The van der Waals surface area contributed by atoms with Crippen molar-refractivity contribution in [2.24, 2.45) is 4.40 Å². The lowest BCUT2D eigenvalue weighted by Crippen LogP contribution is -2.19. The fourth-order valence-corrected chi connectivity index (χ4v) is 2.94. The first-order valence-electron chi connectivity index (χ1n) is 7.48. The normalized spacial score (nSPS) is 13.4. The molecule has 0 aliphatic rings. The molecule has 25 heavy (non-hydrogen) atoms. The Morgan fingerprint density at radius 3 is 2.56 bits per heavy atom. The third-order valence-electron chi connectivity index (χ3n) is 3.55. The van der Waals surface area contributed by atoms with Gasteiger partial charge in [-0.2, -0.15) is 4.40 Å². The molecule has 2 aromatic rings. The number of carbonyl (C=O) groups is 1. The van der Waals surface area contributed by atoms with Crippen LogP contribution in [0.1, 0.15) is 48.1 Å². The largest absolute Gasteiger partial charge is 0.478 e. The molecule has 1 aromatic carbocycles. The minimum absolute atomic E-state index is 0.101. The van der Waals surface area contributed by atoms with Crippen LogP contribution >= 0.6 is 11.6 Å². The molecule has 0 fully saturated rings. The summed E-state index contributed by atoms with van der Waals surface area (Å²) in [6.45, 7) is 8.86. The number of benzene rings is 1. The molecule has 0 aliphatic carbocycles. The van der Waals surface area contributed by atoms with Crippen LogP contribution in [0, 0.1) is 13.8 Å². The highest BCUT2D eigenvalue weighted by Gasteiger charge is 2.22. The van der Waals surface area contributed by atoms with Crippen LogP contribution in [0.15, 0.2) is 21.1 Å². The van der Waals surface area contributed by atoms with Crippen molar-refractivity contribution < 1.29 is 18.6 Å². The van der Waals surface area contributed by atoms with Gasteiger partial charge in [0.05, 0.1) is 27.8 Å². The monoisotopic (exact) mass is 382 g/mol. The zero-order chi connectivity index (χ0) is 18.9. The van der Waals surface area contributed by atoms with E-state index in [1.165, 1.54) is 12.3 Å². The Morgan fingerprint density at radius 1 is 1.36 bits per heavy atom. The number of nitrogens with zero attached hydrogens (tertiary/aromatic N) is 2. The molecule has 0 aliphatic heterocycles.